The van der Waals surface area contributed by atoms with Crippen LogP contribution in [0.4, 0.5) is 21.9 Å². The van der Waals surface area contributed by atoms with Crippen LogP contribution in [0.3, 0.4) is 0 Å². The number of nitrogen functional groups attached to an aromatic ring is 1. The number of carbonyl (C=O) groups excluding carboxylic acids is 2. The van der Waals surface area contributed by atoms with E-state index in [0.717, 1.165) is 0 Å². The van der Waals surface area contributed by atoms with E-state index in [1.807, 2.05) is 32.0 Å². The van der Waals surface area contributed by atoms with E-state index in [0.29, 0.717) is 46.8 Å². The molecule has 5 N–H and O–H groups in total. The van der Waals surface area contributed by atoms with Crippen LogP contribution in [0.1, 0.15) is 43.9 Å². The smallest absolute Gasteiger partial charge is 0.412 e. The number of nitriles is 1. The Morgan fingerprint density at radius 2 is 1.75 bits per heavy atom. The third-order valence-electron chi connectivity index (χ3n) is 6.19. The molecular formula is C31H34N4O5. The van der Waals surface area contributed by atoms with Crippen molar-refractivity contribution in [2.75, 3.05) is 29.6 Å². The standard InChI is InChI=1S/C31H34N4O5/c1-31(2,18-8-7-13-28(37)35-26-11-5-4-10-25(26)33)29(24-9-3-6-12-27(24)39-20-19-36)40-30(38)34-23-16-14-22(21-32)15-17-23/h3-7,9-17,29,36H,8,18-20,33H2,1-2H3,(H,34,38)(H,35,37)/b13-7+/t29-/m0/s1. The van der Waals surface area contributed by atoms with E-state index in [1.165, 1.54) is 6.08 Å². The van der Waals surface area contributed by atoms with Crippen molar-refractivity contribution in [2.24, 2.45) is 5.41 Å². The van der Waals surface area contributed by atoms with Gasteiger partial charge in [0.15, 0.2) is 0 Å². The van der Waals surface area contributed by atoms with Gasteiger partial charge < -0.3 is 25.6 Å². The van der Waals surface area contributed by atoms with Crippen molar-refractivity contribution in [3.05, 3.63) is 96.1 Å². The molecule has 0 spiro atoms. The van der Waals surface area contributed by atoms with Gasteiger partial charge >= 0.3 is 6.09 Å². The van der Waals surface area contributed by atoms with Gasteiger partial charge in [0.05, 0.1) is 29.6 Å². The van der Waals surface area contributed by atoms with Crippen LogP contribution in [0.5, 0.6) is 5.75 Å². The third kappa shape index (κ3) is 8.61. The van der Waals surface area contributed by atoms with E-state index in [4.69, 9.17) is 20.5 Å². The third-order valence-corrected chi connectivity index (χ3v) is 6.19. The summed E-state index contributed by atoms with van der Waals surface area (Å²) < 4.78 is 11.7. The van der Waals surface area contributed by atoms with Crippen molar-refractivity contribution in [1.29, 1.82) is 5.26 Å². The highest BCUT2D eigenvalue weighted by Gasteiger charge is 2.35. The van der Waals surface area contributed by atoms with Gasteiger partial charge in [0.25, 0.3) is 0 Å². The molecule has 40 heavy (non-hydrogen) atoms. The summed E-state index contributed by atoms with van der Waals surface area (Å²) in [6, 6.07) is 22.7. The summed E-state index contributed by atoms with van der Waals surface area (Å²) in [6.07, 6.45) is 2.91. The number of nitrogens with two attached hydrogens (primary N) is 1. The number of aliphatic hydroxyl groups excluding tert-OH is 1. The van der Waals surface area contributed by atoms with Gasteiger partial charge in [0.1, 0.15) is 18.5 Å². The molecule has 0 saturated carbocycles. The highest BCUT2D eigenvalue weighted by atomic mass is 16.6. The van der Waals surface area contributed by atoms with E-state index >= 15 is 0 Å². The Kier molecular flexibility index (Phi) is 10.7. The van der Waals surface area contributed by atoms with E-state index in [-0.39, 0.29) is 19.1 Å². The van der Waals surface area contributed by atoms with E-state index in [2.05, 4.69) is 10.6 Å². The van der Waals surface area contributed by atoms with Gasteiger partial charge in [-0.1, -0.05) is 50.3 Å². The van der Waals surface area contributed by atoms with Crippen molar-refractivity contribution in [3.63, 3.8) is 0 Å². The maximum atomic E-state index is 13.0. The van der Waals surface area contributed by atoms with Crippen molar-refractivity contribution < 1.29 is 24.2 Å². The van der Waals surface area contributed by atoms with Gasteiger partial charge in [0.2, 0.25) is 5.91 Å². The molecule has 0 bridgehead atoms. The number of nitrogens with one attached hydrogen (secondary N) is 2. The van der Waals surface area contributed by atoms with Crippen molar-refractivity contribution in [1.82, 2.24) is 0 Å². The minimum atomic E-state index is -0.730. The monoisotopic (exact) mass is 542 g/mol. The normalized spacial score (nSPS) is 11.8. The number of amides is 2. The maximum absolute atomic E-state index is 13.0. The summed E-state index contributed by atoms with van der Waals surface area (Å²) in [5.74, 6) is 0.198. The number of aliphatic hydroxyl groups is 1. The molecule has 0 radical (unpaired) electrons. The van der Waals surface area contributed by atoms with Crippen LogP contribution < -0.4 is 21.1 Å². The molecule has 0 aliphatic rings. The minimum absolute atomic E-state index is 0.0887. The minimum Gasteiger partial charge on any atom is -0.491 e. The molecule has 0 fully saturated rings. The molecule has 9 heteroatoms. The van der Waals surface area contributed by atoms with E-state index in [9.17, 15) is 14.7 Å². The van der Waals surface area contributed by atoms with Gasteiger partial charge in [-0.15, -0.1) is 0 Å². The zero-order valence-corrected chi connectivity index (χ0v) is 22.6. The Hall–Kier alpha value is -4.81. The Labute approximate surface area is 234 Å². The van der Waals surface area contributed by atoms with Crippen molar-refractivity contribution in [3.8, 4) is 11.8 Å². The van der Waals surface area contributed by atoms with E-state index < -0.39 is 17.6 Å². The summed E-state index contributed by atoms with van der Waals surface area (Å²) in [5, 5.41) is 23.7. The number of benzene rings is 3. The predicted molar refractivity (Wildman–Crippen MR) is 155 cm³/mol. The number of anilines is 3. The summed E-state index contributed by atoms with van der Waals surface area (Å²) in [7, 11) is 0. The molecule has 0 heterocycles. The SMILES string of the molecule is CC(C)(CC/C=C/C(=O)Nc1ccccc1N)[C@@H](OC(=O)Nc1ccc(C#N)cc1)c1ccccc1OCCO. The first kappa shape index (κ1) is 29.7. The molecule has 1 atom stereocenters. The molecule has 208 valence electrons. The van der Waals surface area contributed by atoms with Crippen molar-refractivity contribution in [2.45, 2.75) is 32.8 Å². The molecule has 9 nitrogen and oxygen atoms in total. The lowest BCUT2D eigenvalue weighted by molar-refractivity contribution is -0.111. The van der Waals surface area contributed by atoms with Crippen LogP contribution in [-0.2, 0) is 9.53 Å². The largest absolute Gasteiger partial charge is 0.491 e. The molecule has 0 aromatic heterocycles. The molecule has 3 aromatic rings. The number of allylic oxidation sites excluding steroid dienone is 1. The van der Waals surface area contributed by atoms with Gasteiger partial charge in [-0.05, 0) is 61.4 Å². The van der Waals surface area contributed by atoms with Gasteiger partial charge in [-0.2, -0.15) is 5.26 Å². The number of ether oxygens (including phenoxy) is 2. The first-order chi connectivity index (χ1) is 19.2. The maximum Gasteiger partial charge on any atom is 0.412 e. The fourth-order valence-electron chi connectivity index (χ4n) is 4.07. The Morgan fingerprint density at radius 1 is 1.05 bits per heavy atom. The van der Waals surface area contributed by atoms with Gasteiger partial charge in [-0.25, -0.2) is 4.79 Å². The van der Waals surface area contributed by atoms with Gasteiger partial charge in [0, 0.05) is 16.7 Å². The zero-order valence-electron chi connectivity index (χ0n) is 22.6. The van der Waals surface area contributed by atoms with E-state index in [1.54, 1.807) is 66.7 Å². The molecule has 0 aliphatic heterocycles. The molecule has 3 rings (SSSR count). The fraction of sp³-hybridized carbons (Fsp3) is 0.258. The van der Waals surface area contributed by atoms with Gasteiger partial charge in [-0.3, -0.25) is 10.1 Å². The lowest BCUT2D eigenvalue weighted by Gasteiger charge is -2.35. The molecule has 0 aliphatic carbocycles. The van der Waals surface area contributed by atoms with Crippen LogP contribution in [0.25, 0.3) is 0 Å². The molecule has 0 saturated heterocycles. The van der Waals surface area contributed by atoms with Crippen LogP contribution in [0, 0.1) is 16.7 Å². The first-order valence-electron chi connectivity index (χ1n) is 12.9. The van der Waals surface area contributed by atoms with Crippen LogP contribution in [-0.4, -0.2) is 30.3 Å². The fourth-order valence-corrected chi connectivity index (χ4v) is 4.07. The molecule has 2 amide bonds. The first-order valence-corrected chi connectivity index (χ1v) is 12.9. The summed E-state index contributed by atoms with van der Waals surface area (Å²) in [4.78, 5) is 25.3. The van der Waals surface area contributed by atoms with Crippen LogP contribution in [0.15, 0.2) is 84.9 Å². The predicted octanol–water partition coefficient (Wildman–Crippen LogP) is 5.80. The number of hydrogen-bond donors (Lipinski definition) is 4. The molecule has 0 unspecified atom stereocenters. The average molecular weight is 543 g/mol. The quantitative estimate of drug-likeness (QED) is 0.167. The second kappa shape index (κ2) is 14.4. The lowest BCUT2D eigenvalue weighted by Crippen LogP contribution is -2.29. The Morgan fingerprint density at radius 3 is 2.45 bits per heavy atom. The second-order valence-corrected chi connectivity index (χ2v) is 9.72. The van der Waals surface area contributed by atoms with Crippen LogP contribution in [0.2, 0.25) is 0 Å². The summed E-state index contributed by atoms with van der Waals surface area (Å²) >= 11 is 0. The Bertz CT molecular complexity index is 1360. The number of rotatable bonds is 12. The zero-order chi connectivity index (χ0) is 29.0. The van der Waals surface area contributed by atoms with Crippen LogP contribution >= 0.6 is 0 Å². The highest BCUT2D eigenvalue weighted by molar-refractivity contribution is 6.01. The molecule has 3 aromatic carbocycles. The summed E-state index contributed by atoms with van der Waals surface area (Å²) in [6.45, 7) is 3.86. The Balaban J connectivity index is 1.75. The highest BCUT2D eigenvalue weighted by Crippen LogP contribution is 2.44. The number of carbonyl (C=O) groups is 2. The second-order valence-electron chi connectivity index (χ2n) is 9.72. The van der Waals surface area contributed by atoms with Crippen molar-refractivity contribution >= 4 is 29.1 Å². The number of hydrogen-bond acceptors (Lipinski definition) is 7. The topological polar surface area (TPSA) is 147 Å². The summed E-state index contributed by atoms with van der Waals surface area (Å²) in [5.41, 5.74) is 7.93. The molecular weight excluding hydrogens is 508 g/mol. The average Bonchev–Trinajstić information content (AvgIpc) is 2.95. The number of para-hydroxylation sites is 3. The lowest BCUT2D eigenvalue weighted by atomic mass is 9.78. The number of nitrogens with zero attached hydrogens (tertiary/aromatic N) is 1.